The Labute approximate surface area is 129 Å². The molecule has 3 fully saturated rings. The summed E-state index contributed by atoms with van der Waals surface area (Å²) in [4.78, 5) is 11.7. The van der Waals surface area contributed by atoms with E-state index in [9.17, 15) is 27.6 Å². The predicted molar refractivity (Wildman–Crippen MR) is 67.7 cm³/mol. The number of esters is 1. The maximum atomic E-state index is 13.9. The van der Waals surface area contributed by atoms with Crippen molar-refractivity contribution >= 4 is 18.0 Å². The van der Waals surface area contributed by atoms with Crippen LogP contribution in [0.5, 0.6) is 0 Å². The minimum atomic E-state index is -5.60. The number of carbonyl (C=O) groups is 1. The maximum absolute atomic E-state index is 13.9. The minimum absolute atomic E-state index is 0.0512. The number of halogens is 4. The molecule has 128 valence electrons. The largest absolute Gasteiger partial charge is 0.710 e. The first kappa shape index (κ1) is 17.8. The van der Waals surface area contributed by atoms with Crippen molar-refractivity contribution in [2.45, 2.75) is 56.8 Å². The predicted octanol–water partition coefficient (Wildman–Crippen LogP) is 2.91. The Bertz CT molecular complexity index is 453. The van der Waals surface area contributed by atoms with Crippen molar-refractivity contribution < 1.29 is 36.7 Å². The molecule has 0 aromatic rings. The summed E-state index contributed by atoms with van der Waals surface area (Å²) in [6.45, 7) is 5.62. The van der Waals surface area contributed by atoms with E-state index in [0.29, 0.717) is 12.8 Å². The number of fused-ring (bicyclic) bond motifs is 2. The zero-order chi connectivity index (χ0) is 17.0. The van der Waals surface area contributed by atoms with Gasteiger partial charge in [0, 0.05) is 12.0 Å². The molecule has 0 saturated heterocycles. The van der Waals surface area contributed by atoms with Crippen molar-refractivity contribution in [3.8, 4) is 0 Å². The molecule has 0 aliphatic heterocycles. The maximum Gasteiger partial charge on any atom is 0.445 e. The Morgan fingerprint density at radius 3 is 2.05 bits per heavy atom. The summed E-state index contributed by atoms with van der Waals surface area (Å²) in [5.41, 5.74) is -1.11. The number of carbonyl (C=O) groups excluding carboxylic acids is 1. The number of alkyl halides is 4. The van der Waals surface area contributed by atoms with E-state index in [1.54, 1.807) is 0 Å². The lowest BCUT2D eigenvalue weighted by Gasteiger charge is -2.61. The lowest BCUT2D eigenvalue weighted by Crippen LogP contribution is -2.59. The van der Waals surface area contributed by atoms with E-state index in [2.05, 4.69) is 18.2 Å². The summed E-state index contributed by atoms with van der Waals surface area (Å²) >= 11 is -1.13. The highest BCUT2D eigenvalue weighted by Crippen LogP contribution is 2.62. The summed E-state index contributed by atoms with van der Waals surface area (Å²) in [6, 6.07) is 0. The normalized spacial score (nSPS) is 36.2. The molecule has 0 spiro atoms. The summed E-state index contributed by atoms with van der Waals surface area (Å²) in [7, 11) is 0. The molecule has 9 heteroatoms. The molecule has 3 saturated carbocycles. The Balaban J connectivity index is 2.11. The molecule has 3 aliphatic rings. The van der Waals surface area contributed by atoms with Crippen LogP contribution < -0.4 is 5.26 Å². The van der Waals surface area contributed by atoms with E-state index in [0.717, 1.165) is 6.42 Å². The van der Waals surface area contributed by atoms with Gasteiger partial charge in [0.25, 0.3) is 0 Å². The zero-order valence-electron chi connectivity index (χ0n) is 12.3. The van der Waals surface area contributed by atoms with Gasteiger partial charge in [-0.05, 0) is 43.4 Å². The fourth-order valence-electron chi connectivity index (χ4n) is 3.56. The van der Waals surface area contributed by atoms with Gasteiger partial charge in [-0.2, -0.15) is 13.2 Å². The van der Waals surface area contributed by atoms with Crippen LogP contribution in [0, 0.1) is 17.3 Å². The van der Waals surface area contributed by atoms with Crippen molar-refractivity contribution in [1.29, 1.82) is 0 Å². The van der Waals surface area contributed by atoms with E-state index in [4.69, 9.17) is 4.74 Å². The van der Waals surface area contributed by atoms with Crippen molar-refractivity contribution in [3.05, 3.63) is 0 Å². The second-order valence-electron chi connectivity index (χ2n) is 6.94. The first-order valence-corrected chi connectivity index (χ1v) is 7.56. The Hall–Kier alpha value is -0.540. The standard InChI is InChI=1S/C13H18F4O4S/c1-10(2)7-4-8(10)6-11(3,5-7)20-9(18)12(14,22-21-19)13(15,16)17/h7-8,19H,4-6H2,1-3H3/p-1. The molecule has 0 aromatic heterocycles. The summed E-state index contributed by atoms with van der Waals surface area (Å²) in [5, 5.41) is 5.41. The molecule has 0 N–H and O–H groups in total. The Morgan fingerprint density at radius 1 is 1.18 bits per heavy atom. The van der Waals surface area contributed by atoms with Gasteiger partial charge < -0.3 is 14.3 Å². The molecular weight excluding hydrogens is 328 g/mol. The second-order valence-corrected chi connectivity index (χ2v) is 7.81. The topological polar surface area (TPSA) is 58.6 Å². The molecule has 2 bridgehead atoms. The lowest BCUT2D eigenvalue weighted by atomic mass is 9.46. The fourth-order valence-corrected chi connectivity index (χ4v) is 3.86. The lowest BCUT2D eigenvalue weighted by molar-refractivity contribution is -0.631. The van der Waals surface area contributed by atoms with Gasteiger partial charge in [0.2, 0.25) is 0 Å². The van der Waals surface area contributed by atoms with E-state index < -0.39 is 34.8 Å². The molecule has 4 nitrogen and oxygen atoms in total. The summed E-state index contributed by atoms with van der Waals surface area (Å²) < 4.78 is 59.8. The third-order valence-electron chi connectivity index (χ3n) is 5.14. The van der Waals surface area contributed by atoms with Crippen molar-refractivity contribution in [1.82, 2.24) is 0 Å². The smallest absolute Gasteiger partial charge is 0.445 e. The highest BCUT2D eigenvalue weighted by Gasteiger charge is 2.67. The molecule has 22 heavy (non-hydrogen) atoms. The van der Waals surface area contributed by atoms with Crippen molar-refractivity contribution in [2.75, 3.05) is 0 Å². The zero-order valence-corrected chi connectivity index (χ0v) is 13.1. The van der Waals surface area contributed by atoms with Crippen LogP contribution in [0.3, 0.4) is 0 Å². The van der Waals surface area contributed by atoms with Gasteiger partial charge in [0.1, 0.15) is 5.60 Å². The van der Waals surface area contributed by atoms with Gasteiger partial charge in [0.15, 0.2) is 0 Å². The highest BCUT2D eigenvalue weighted by atomic mass is 32.2. The van der Waals surface area contributed by atoms with Gasteiger partial charge in [-0.15, -0.1) is 0 Å². The van der Waals surface area contributed by atoms with Gasteiger partial charge in [-0.25, -0.2) is 9.18 Å². The minimum Gasteiger partial charge on any atom is -0.710 e. The average Bonchev–Trinajstić information content (AvgIpc) is 2.36. The molecule has 3 atom stereocenters. The Kier molecular flexibility index (Phi) is 4.24. The van der Waals surface area contributed by atoms with Crippen LogP contribution in [0.15, 0.2) is 0 Å². The van der Waals surface area contributed by atoms with Gasteiger partial charge in [-0.1, -0.05) is 13.8 Å². The molecule has 0 aromatic carbocycles. The van der Waals surface area contributed by atoms with Crippen molar-refractivity contribution in [3.63, 3.8) is 0 Å². The van der Waals surface area contributed by atoms with E-state index in [-0.39, 0.29) is 17.3 Å². The molecule has 0 heterocycles. The summed E-state index contributed by atoms with van der Waals surface area (Å²) in [5.74, 6) is -1.71. The second kappa shape index (κ2) is 5.24. The third-order valence-corrected chi connectivity index (χ3v) is 5.84. The van der Waals surface area contributed by atoms with E-state index in [1.165, 1.54) is 6.92 Å². The molecule has 0 amide bonds. The van der Waals surface area contributed by atoms with Crippen LogP contribution in [0.25, 0.3) is 0 Å². The first-order chi connectivity index (χ1) is 9.86. The SMILES string of the molecule is CC1(OC(=O)C(F)(SO[O-])C(F)(F)F)CC2CC(C1)C2(C)C. The number of hydrogen-bond acceptors (Lipinski definition) is 5. The van der Waals surface area contributed by atoms with Gasteiger partial charge in [-0.3, -0.25) is 0 Å². The monoisotopic (exact) mass is 345 g/mol. The first-order valence-electron chi connectivity index (χ1n) is 6.82. The fraction of sp³-hybridized carbons (Fsp3) is 0.923. The van der Waals surface area contributed by atoms with E-state index in [1.807, 2.05) is 0 Å². The average molecular weight is 345 g/mol. The summed E-state index contributed by atoms with van der Waals surface area (Å²) in [6.07, 6.45) is -3.93. The molecule has 3 rings (SSSR count). The molecule has 3 unspecified atom stereocenters. The highest BCUT2D eigenvalue weighted by molar-refractivity contribution is 7.96. The molecule has 3 aliphatic carbocycles. The van der Waals surface area contributed by atoms with Crippen LogP contribution in [-0.4, -0.2) is 22.7 Å². The van der Waals surface area contributed by atoms with Gasteiger partial charge in [0.05, 0.1) is 0 Å². The van der Waals surface area contributed by atoms with Crippen LogP contribution in [0.4, 0.5) is 17.6 Å². The number of rotatable bonds is 4. The third kappa shape index (κ3) is 2.71. The van der Waals surface area contributed by atoms with Crippen LogP contribution in [0.2, 0.25) is 0 Å². The van der Waals surface area contributed by atoms with Crippen LogP contribution in [-0.2, 0) is 13.9 Å². The Morgan fingerprint density at radius 2 is 1.68 bits per heavy atom. The quantitative estimate of drug-likeness (QED) is 0.258. The van der Waals surface area contributed by atoms with Crippen molar-refractivity contribution in [2.24, 2.45) is 17.3 Å². The van der Waals surface area contributed by atoms with Crippen LogP contribution in [0.1, 0.15) is 40.0 Å². The van der Waals surface area contributed by atoms with Gasteiger partial charge >= 0.3 is 17.1 Å². The number of hydrogen-bond donors (Lipinski definition) is 0. The van der Waals surface area contributed by atoms with E-state index >= 15 is 0 Å². The molecular formula is C13H17F4O4S-. The van der Waals surface area contributed by atoms with Crippen LogP contribution >= 0.6 is 12.0 Å². The number of ether oxygens (including phenoxy) is 1. The molecule has 0 radical (unpaired) electrons.